The molecule has 0 unspecified atom stereocenters. The molecule has 3 nitrogen and oxygen atoms in total. The van der Waals surface area contributed by atoms with Crippen LogP contribution in [0.25, 0.3) is 0 Å². The lowest BCUT2D eigenvalue weighted by Gasteiger charge is -2.24. The van der Waals surface area contributed by atoms with E-state index in [0.29, 0.717) is 0 Å². The number of hydrogen-bond acceptors (Lipinski definition) is 2. The molecule has 2 rings (SSSR count). The van der Waals surface area contributed by atoms with E-state index in [4.69, 9.17) is 23.2 Å². The molecule has 1 saturated heterocycles. The Balaban J connectivity index is 2.25. The van der Waals surface area contributed by atoms with Crippen molar-refractivity contribution in [2.45, 2.75) is 12.5 Å². The lowest BCUT2D eigenvalue weighted by Crippen LogP contribution is -2.38. The number of hydrogen-bond donors (Lipinski definition) is 1. The number of carbonyl (C=O) groups is 1. The number of halogens is 3. The van der Waals surface area contributed by atoms with Gasteiger partial charge in [-0.1, -0.05) is 23.2 Å². The Labute approximate surface area is 115 Å². The van der Waals surface area contributed by atoms with E-state index in [9.17, 15) is 9.18 Å². The first kappa shape index (κ1) is 13.6. The second-order valence-electron chi connectivity index (χ2n) is 4.31. The Morgan fingerprint density at radius 1 is 1.44 bits per heavy atom. The van der Waals surface area contributed by atoms with Gasteiger partial charge in [0, 0.05) is 19.6 Å². The summed E-state index contributed by atoms with van der Waals surface area (Å²) < 4.78 is 13.4. The molecule has 1 aromatic rings. The largest absolute Gasteiger partial charge is 0.337 e. The van der Waals surface area contributed by atoms with Crippen molar-refractivity contribution in [2.24, 2.45) is 0 Å². The molecule has 1 aliphatic heterocycles. The molecule has 1 fully saturated rings. The van der Waals surface area contributed by atoms with Crippen LogP contribution in [0.1, 0.15) is 16.8 Å². The lowest BCUT2D eigenvalue weighted by atomic mass is 10.1. The van der Waals surface area contributed by atoms with Gasteiger partial charge in [-0.2, -0.15) is 0 Å². The van der Waals surface area contributed by atoms with E-state index in [-0.39, 0.29) is 27.6 Å². The molecule has 0 aliphatic carbocycles. The summed E-state index contributed by atoms with van der Waals surface area (Å²) in [6.07, 6.45) is 0.885. The number of carbonyl (C=O) groups excluding carboxylic acids is 1. The Kier molecular flexibility index (Phi) is 4.10. The predicted octanol–water partition coefficient (Wildman–Crippen LogP) is 2.57. The number of benzene rings is 1. The van der Waals surface area contributed by atoms with Gasteiger partial charge in [0.1, 0.15) is 5.82 Å². The van der Waals surface area contributed by atoms with Crippen LogP contribution in [0.15, 0.2) is 12.1 Å². The zero-order chi connectivity index (χ0) is 13.3. The number of rotatable bonds is 2. The van der Waals surface area contributed by atoms with E-state index >= 15 is 0 Å². The van der Waals surface area contributed by atoms with E-state index in [0.717, 1.165) is 25.6 Å². The van der Waals surface area contributed by atoms with Gasteiger partial charge in [-0.25, -0.2) is 4.39 Å². The first-order valence-electron chi connectivity index (χ1n) is 5.63. The topological polar surface area (TPSA) is 32.3 Å². The molecule has 1 N–H and O–H groups in total. The van der Waals surface area contributed by atoms with Crippen molar-refractivity contribution < 1.29 is 9.18 Å². The fraction of sp³-hybridized carbons (Fsp3) is 0.417. The van der Waals surface area contributed by atoms with Gasteiger partial charge >= 0.3 is 0 Å². The van der Waals surface area contributed by atoms with Gasteiger partial charge in [0.2, 0.25) is 0 Å². The van der Waals surface area contributed by atoms with Gasteiger partial charge < -0.3 is 10.2 Å². The highest BCUT2D eigenvalue weighted by molar-refractivity contribution is 6.36. The predicted molar refractivity (Wildman–Crippen MR) is 69.8 cm³/mol. The second kappa shape index (κ2) is 5.43. The van der Waals surface area contributed by atoms with E-state index in [2.05, 4.69) is 5.32 Å². The molecule has 98 valence electrons. The van der Waals surface area contributed by atoms with E-state index in [1.807, 2.05) is 0 Å². The number of likely N-dealkylation sites (N-methyl/N-ethyl adjacent to an activating group) is 1. The first-order chi connectivity index (χ1) is 8.50. The molecule has 1 amide bonds. The van der Waals surface area contributed by atoms with Crippen molar-refractivity contribution in [2.75, 3.05) is 20.1 Å². The molecule has 0 spiro atoms. The molecule has 1 aromatic carbocycles. The van der Waals surface area contributed by atoms with Gasteiger partial charge in [-0.15, -0.1) is 0 Å². The Hall–Kier alpha value is -0.840. The van der Waals surface area contributed by atoms with Crippen molar-refractivity contribution >= 4 is 29.1 Å². The monoisotopic (exact) mass is 290 g/mol. The summed E-state index contributed by atoms with van der Waals surface area (Å²) in [6.45, 7) is 1.63. The molecule has 0 bridgehead atoms. The SMILES string of the molecule is CN(C(=O)c1cc(F)c(Cl)cc1Cl)[C@H]1CCNC1. The van der Waals surface area contributed by atoms with Gasteiger partial charge in [0.15, 0.2) is 0 Å². The standard InChI is InChI=1S/C12H13Cl2FN2O/c1-17(7-2-3-16-6-7)12(18)8-4-11(15)10(14)5-9(8)13/h4-5,7,16H,2-3,6H2,1H3/t7-/m0/s1. The average molecular weight is 291 g/mol. The van der Waals surface area contributed by atoms with Crippen LogP contribution in [0.3, 0.4) is 0 Å². The molecule has 6 heteroatoms. The third kappa shape index (κ3) is 2.60. The van der Waals surface area contributed by atoms with Gasteiger partial charge in [-0.3, -0.25) is 4.79 Å². The summed E-state index contributed by atoms with van der Waals surface area (Å²) >= 11 is 11.5. The van der Waals surface area contributed by atoms with Crippen LogP contribution < -0.4 is 5.32 Å². The summed E-state index contributed by atoms with van der Waals surface area (Å²) in [7, 11) is 1.70. The summed E-state index contributed by atoms with van der Waals surface area (Å²) in [5, 5.41) is 3.26. The van der Waals surface area contributed by atoms with Gasteiger partial charge in [0.05, 0.1) is 15.6 Å². The quantitative estimate of drug-likeness (QED) is 0.849. The Morgan fingerprint density at radius 3 is 2.78 bits per heavy atom. The number of amides is 1. The summed E-state index contributed by atoms with van der Waals surface area (Å²) in [5.41, 5.74) is 0.146. The van der Waals surface area contributed by atoms with Crippen LogP contribution in [0.4, 0.5) is 4.39 Å². The molecule has 0 saturated carbocycles. The first-order valence-corrected chi connectivity index (χ1v) is 6.38. The van der Waals surface area contributed by atoms with Crippen LogP contribution in [0.2, 0.25) is 10.0 Å². The molecule has 0 radical (unpaired) electrons. The van der Waals surface area contributed by atoms with Gasteiger partial charge in [0.25, 0.3) is 5.91 Å². The zero-order valence-corrected chi connectivity index (χ0v) is 11.4. The highest BCUT2D eigenvalue weighted by atomic mass is 35.5. The molecule has 18 heavy (non-hydrogen) atoms. The van der Waals surface area contributed by atoms with Crippen LogP contribution in [-0.2, 0) is 0 Å². The minimum Gasteiger partial charge on any atom is -0.337 e. The van der Waals surface area contributed by atoms with E-state index < -0.39 is 5.82 Å². The van der Waals surface area contributed by atoms with Crippen molar-refractivity contribution in [1.82, 2.24) is 10.2 Å². The van der Waals surface area contributed by atoms with Crippen LogP contribution in [-0.4, -0.2) is 37.0 Å². The highest BCUT2D eigenvalue weighted by Gasteiger charge is 2.25. The van der Waals surface area contributed by atoms with Crippen LogP contribution in [0, 0.1) is 5.82 Å². The molecule has 0 aromatic heterocycles. The maximum Gasteiger partial charge on any atom is 0.255 e. The third-order valence-corrected chi connectivity index (χ3v) is 3.75. The summed E-state index contributed by atoms with van der Waals surface area (Å²) in [6, 6.07) is 2.46. The highest BCUT2D eigenvalue weighted by Crippen LogP contribution is 2.26. The molecule has 1 atom stereocenters. The van der Waals surface area contributed by atoms with Crippen LogP contribution in [0.5, 0.6) is 0 Å². The minimum atomic E-state index is -0.637. The normalized spacial score (nSPS) is 19.0. The average Bonchev–Trinajstić information content (AvgIpc) is 2.85. The number of nitrogens with one attached hydrogen (secondary N) is 1. The summed E-state index contributed by atoms with van der Waals surface area (Å²) in [5.74, 6) is -0.924. The van der Waals surface area contributed by atoms with Crippen molar-refractivity contribution in [3.8, 4) is 0 Å². The summed E-state index contributed by atoms with van der Waals surface area (Å²) in [4.78, 5) is 13.8. The Morgan fingerprint density at radius 2 is 2.17 bits per heavy atom. The maximum absolute atomic E-state index is 13.4. The lowest BCUT2D eigenvalue weighted by molar-refractivity contribution is 0.0743. The van der Waals surface area contributed by atoms with E-state index in [1.165, 1.54) is 6.07 Å². The Bertz CT molecular complexity index is 475. The third-order valence-electron chi connectivity index (χ3n) is 3.14. The fourth-order valence-electron chi connectivity index (χ4n) is 2.01. The second-order valence-corrected chi connectivity index (χ2v) is 5.12. The smallest absolute Gasteiger partial charge is 0.255 e. The van der Waals surface area contributed by atoms with Crippen molar-refractivity contribution in [1.29, 1.82) is 0 Å². The fourth-order valence-corrected chi connectivity index (χ4v) is 2.48. The maximum atomic E-state index is 13.4. The van der Waals surface area contributed by atoms with Gasteiger partial charge in [-0.05, 0) is 25.1 Å². The minimum absolute atomic E-state index is 0.0817. The molecule has 1 aliphatic rings. The number of nitrogens with zero attached hydrogens (tertiary/aromatic N) is 1. The van der Waals surface area contributed by atoms with Crippen LogP contribution >= 0.6 is 23.2 Å². The molecular weight excluding hydrogens is 278 g/mol. The van der Waals surface area contributed by atoms with E-state index in [1.54, 1.807) is 11.9 Å². The van der Waals surface area contributed by atoms with Crippen molar-refractivity contribution in [3.63, 3.8) is 0 Å². The zero-order valence-electron chi connectivity index (χ0n) is 9.84. The molecule has 1 heterocycles. The molecular formula is C12H13Cl2FN2O. The van der Waals surface area contributed by atoms with Crippen molar-refractivity contribution in [3.05, 3.63) is 33.6 Å².